The number of nitrogens with zero attached hydrogens (tertiary/aromatic N) is 1. The van der Waals surface area contributed by atoms with Gasteiger partial charge < -0.3 is 5.73 Å². The van der Waals surface area contributed by atoms with Crippen molar-refractivity contribution < 1.29 is 12.8 Å². The summed E-state index contributed by atoms with van der Waals surface area (Å²) >= 11 is 5.71. The lowest BCUT2D eigenvalue weighted by atomic mass is 10.2. The Morgan fingerprint density at radius 1 is 1.29 bits per heavy atom. The highest BCUT2D eigenvalue weighted by Gasteiger charge is 2.20. The summed E-state index contributed by atoms with van der Waals surface area (Å²) < 4.78 is 40.1. The third-order valence-electron chi connectivity index (χ3n) is 2.63. The van der Waals surface area contributed by atoms with E-state index >= 15 is 0 Å². The van der Waals surface area contributed by atoms with Crippen LogP contribution in [-0.2, 0) is 10.0 Å². The maximum atomic E-state index is 13.5. The van der Waals surface area contributed by atoms with E-state index in [1.165, 1.54) is 30.3 Å². The fraction of sp³-hybridized carbons (Fsp3) is 0. The van der Waals surface area contributed by atoms with E-state index in [4.69, 9.17) is 22.6 Å². The van der Waals surface area contributed by atoms with Crippen LogP contribution in [0.3, 0.4) is 0 Å². The molecule has 0 radical (unpaired) electrons. The molecule has 0 aromatic heterocycles. The van der Waals surface area contributed by atoms with E-state index in [9.17, 15) is 12.8 Å². The summed E-state index contributed by atoms with van der Waals surface area (Å²) in [4.78, 5) is -0.208. The second kappa shape index (κ2) is 5.60. The van der Waals surface area contributed by atoms with Crippen molar-refractivity contribution in [2.24, 2.45) is 0 Å². The largest absolute Gasteiger partial charge is 0.398 e. The van der Waals surface area contributed by atoms with Gasteiger partial charge >= 0.3 is 0 Å². The summed E-state index contributed by atoms with van der Waals surface area (Å²) in [6, 6.07) is 9.12. The number of hydrogen-bond acceptors (Lipinski definition) is 4. The van der Waals surface area contributed by atoms with Crippen molar-refractivity contribution in [1.29, 1.82) is 5.26 Å². The van der Waals surface area contributed by atoms with E-state index in [0.717, 1.165) is 6.07 Å². The number of halogens is 2. The summed E-state index contributed by atoms with van der Waals surface area (Å²) in [6.07, 6.45) is 0. The average molecular weight is 326 g/mol. The highest BCUT2D eigenvalue weighted by molar-refractivity contribution is 7.92. The van der Waals surface area contributed by atoms with Gasteiger partial charge in [0, 0.05) is 5.02 Å². The Labute approximate surface area is 125 Å². The molecular formula is C13H9ClFN3O2S. The number of hydrogen-bond donors (Lipinski definition) is 2. The molecule has 8 heteroatoms. The summed E-state index contributed by atoms with van der Waals surface area (Å²) in [7, 11) is -4.06. The van der Waals surface area contributed by atoms with E-state index in [2.05, 4.69) is 4.72 Å². The van der Waals surface area contributed by atoms with Crippen molar-refractivity contribution in [3.05, 3.63) is 52.8 Å². The van der Waals surface area contributed by atoms with Gasteiger partial charge in [-0.2, -0.15) is 5.26 Å². The molecule has 2 aromatic rings. The van der Waals surface area contributed by atoms with Crippen molar-refractivity contribution in [3.8, 4) is 6.07 Å². The van der Waals surface area contributed by atoms with Crippen LogP contribution in [0.25, 0.3) is 0 Å². The molecule has 21 heavy (non-hydrogen) atoms. The maximum absolute atomic E-state index is 13.5. The van der Waals surface area contributed by atoms with Crippen molar-refractivity contribution in [3.63, 3.8) is 0 Å². The van der Waals surface area contributed by atoms with Crippen LogP contribution in [-0.4, -0.2) is 8.42 Å². The molecule has 0 bridgehead atoms. The minimum atomic E-state index is -4.06. The highest BCUT2D eigenvalue weighted by atomic mass is 35.5. The number of nitriles is 1. The third-order valence-corrected chi connectivity index (χ3v) is 4.31. The molecule has 0 aliphatic heterocycles. The summed E-state index contributed by atoms with van der Waals surface area (Å²) in [5.74, 6) is -0.818. The Morgan fingerprint density at radius 2 is 2.00 bits per heavy atom. The fourth-order valence-corrected chi connectivity index (χ4v) is 3.05. The predicted molar refractivity (Wildman–Crippen MR) is 77.8 cm³/mol. The molecular weight excluding hydrogens is 317 g/mol. The molecule has 3 N–H and O–H groups in total. The summed E-state index contributed by atoms with van der Waals surface area (Å²) in [5.41, 5.74) is 5.01. The fourth-order valence-electron chi connectivity index (χ4n) is 1.69. The van der Waals surface area contributed by atoms with Crippen molar-refractivity contribution in [1.82, 2.24) is 0 Å². The lowest BCUT2D eigenvalue weighted by molar-refractivity contribution is 0.601. The first-order valence-electron chi connectivity index (χ1n) is 5.61. The molecule has 0 amide bonds. The van der Waals surface area contributed by atoms with Gasteiger partial charge in [0.15, 0.2) is 0 Å². The first kappa shape index (κ1) is 15.1. The summed E-state index contributed by atoms with van der Waals surface area (Å²) in [5, 5.41) is 9.18. The zero-order valence-corrected chi connectivity index (χ0v) is 12.0. The maximum Gasteiger partial charge on any atom is 0.263 e. The number of anilines is 2. The molecule has 0 aliphatic carbocycles. The highest BCUT2D eigenvalue weighted by Crippen LogP contribution is 2.26. The van der Waals surface area contributed by atoms with E-state index in [0.29, 0.717) is 0 Å². The molecule has 0 unspecified atom stereocenters. The molecule has 2 rings (SSSR count). The Bertz CT molecular complexity index is 847. The van der Waals surface area contributed by atoms with Crippen LogP contribution in [0.2, 0.25) is 5.02 Å². The van der Waals surface area contributed by atoms with Crippen molar-refractivity contribution in [2.75, 3.05) is 10.5 Å². The van der Waals surface area contributed by atoms with Crippen LogP contribution < -0.4 is 10.5 Å². The molecule has 5 nitrogen and oxygen atoms in total. The van der Waals surface area contributed by atoms with E-state index in [-0.39, 0.29) is 21.3 Å². The van der Waals surface area contributed by atoms with Crippen LogP contribution in [0.5, 0.6) is 0 Å². The number of nitrogen functional groups attached to an aromatic ring is 1. The van der Waals surface area contributed by atoms with Gasteiger partial charge in [0.05, 0.1) is 11.4 Å². The zero-order valence-electron chi connectivity index (χ0n) is 10.5. The Balaban J connectivity index is 2.48. The third kappa shape index (κ3) is 3.07. The molecule has 0 saturated carbocycles. The number of nitrogens with one attached hydrogen (secondary N) is 1. The molecule has 0 heterocycles. The molecule has 2 aromatic carbocycles. The molecule has 0 spiro atoms. The standard InChI is InChI=1S/C13H9ClFN3O2S/c14-8-4-5-13(11(17)6-8)21(19,20)18-12-3-1-2-10(15)9(12)7-16/h1-6,18H,17H2. The van der Waals surface area contributed by atoms with Crippen molar-refractivity contribution in [2.45, 2.75) is 4.90 Å². The Kier molecular flexibility index (Phi) is 4.02. The minimum Gasteiger partial charge on any atom is -0.398 e. The lowest BCUT2D eigenvalue weighted by Crippen LogP contribution is -2.16. The van der Waals surface area contributed by atoms with Crippen LogP contribution in [0.15, 0.2) is 41.3 Å². The van der Waals surface area contributed by atoms with Crippen molar-refractivity contribution >= 4 is 33.0 Å². The molecule has 108 valence electrons. The second-order valence-corrected chi connectivity index (χ2v) is 6.15. The van der Waals surface area contributed by atoms with Gasteiger partial charge in [0.2, 0.25) is 0 Å². The van der Waals surface area contributed by atoms with Crippen LogP contribution in [0, 0.1) is 17.1 Å². The van der Waals surface area contributed by atoms with E-state index in [1.807, 2.05) is 0 Å². The number of benzene rings is 2. The summed E-state index contributed by atoms with van der Waals surface area (Å²) in [6.45, 7) is 0. The first-order chi connectivity index (χ1) is 9.85. The van der Waals surface area contributed by atoms with Gasteiger partial charge in [-0.3, -0.25) is 4.72 Å². The SMILES string of the molecule is N#Cc1c(F)cccc1NS(=O)(=O)c1ccc(Cl)cc1N. The van der Waals surface area contributed by atoms with Gasteiger partial charge in [0.1, 0.15) is 22.3 Å². The second-order valence-electron chi connectivity index (χ2n) is 4.06. The van der Waals surface area contributed by atoms with Gasteiger partial charge in [-0.1, -0.05) is 17.7 Å². The topological polar surface area (TPSA) is 96.0 Å². The van der Waals surface area contributed by atoms with Crippen LogP contribution in [0.4, 0.5) is 15.8 Å². The number of nitrogens with two attached hydrogens (primary N) is 1. The van der Waals surface area contributed by atoms with Gasteiger partial charge in [0.25, 0.3) is 10.0 Å². The smallest absolute Gasteiger partial charge is 0.263 e. The van der Waals surface area contributed by atoms with Gasteiger partial charge in [-0.05, 0) is 30.3 Å². The Morgan fingerprint density at radius 3 is 2.62 bits per heavy atom. The minimum absolute atomic E-state index is 0.0510. The number of sulfonamides is 1. The van der Waals surface area contributed by atoms with Crippen LogP contribution in [0.1, 0.15) is 5.56 Å². The Hall–Kier alpha value is -2.30. The lowest BCUT2D eigenvalue weighted by Gasteiger charge is -2.11. The van der Waals surface area contributed by atoms with Gasteiger partial charge in [-0.15, -0.1) is 0 Å². The molecule has 0 aliphatic rings. The monoisotopic (exact) mass is 325 g/mol. The zero-order chi connectivity index (χ0) is 15.6. The van der Waals surface area contributed by atoms with Gasteiger partial charge in [-0.25, -0.2) is 12.8 Å². The number of rotatable bonds is 3. The van der Waals surface area contributed by atoms with E-state index in [1.54, 1.807) is 6.07 Å². The predicted octanol–water partition coefficient (Wildman–Crippen LogP) is 2.73. The molecule has 0 fully saturated rings. The van der Waals surface area contributed by atoms with Crippen LogP contribution >= 0.6 is 11.6 Å². The average Bonchev–Trinajstić information content (AvgIpc) is 2.38. The quantitative estimate of drug-likeness (QED) is 0.848. The first-order valence-corrected chi connectivity index (χ1v) is 7.48. The normalized spacial score (nSPS) is 10.9. The molecule has 0 saturated heterocycles. The molecule has 0 atom stereocenters. The van der Waals surface area contributed by atoms with E-state index < -0.39 is 21.4 Å².